The summed E-state index contributed by atoms with van der Waals surface area (Å²) in [5, 5.41) is 3.48. The van der Waals surface area contributed by atoms with Crippen molar-refractivity contribution in [1.29, 1.82) is 0 Å². The van der Waals surface area contributed by atoms with Crippen molar-refractivity contribution in [1.82, 2.24) is 10.2 Å². The summed E-state index contributed by atoms with van der Waals surface area (Å²) in [6.45, 7) is 3.05. The van der Waals surface area contributed by atoms with Crippen molar-refractivity contribution < 1.29 is 4.74 Å². The Balaban J connectivity index is 2.12. The van der Waals surface area contributed by atoms with Crippen LogP contribution in [0.15, 0.2) is 22.7 Å². The van der Waals surface area contributed by atoms with E-state index in [1.807, 2.05) is 18.2 Å². The number of nitrogens with zero attached hydrogens (tertiary/aromatic N) is 1. The second-order valence-electron chi connectivity index (χ2n) is 4.74. The van der Waals surface area contributed by atoms with Crippen molar-refractivity contribution in [2.45, 2.75) is 12.1 Å². The van der Waals surface area contributed by atoms with E-state index in [1.165, 1.54) is 0 Å². The summed E-state index contributed by atoms with van der Waals surface area (Å²) in [5.74, 6) is 0.833. The topological polar surface area (TPSA) is 50.5 Å². The monoisotopic (exact) mass is 313 g/mol. The van der Waals surface area contributed by atoms with Crippen LogP contribution in [0.2, 0.25) is 0 Å². The predicted octanol–water partition coefficient (Wildman–Crippen LogP) is 1.36. The fourth-order valence-corrected chi connectivity index (χ4v) is 2.85. The maximum Gasteiger partial charge on any atom is 0.133 e. The first-order valence-electron chi connectivity index (χ1n) is 6.12. The highest BCUT2D eigenvalue weighted by Gasteiger charge is 2.24. The molecule has 4 nitrogen and oxygen atoms in total. The van der Waals surface area contributed by atoms with Gasteiger partial charge in [0.15, 0.2) is 0 Å². The van der Waals surface area contributed by atoms with Crippen LogP contribution in [0.5, 0.6) is 5.75 Å². The van der Waals surface area contributed by atoms with E-state index in [0.717, 1.165) is 35.4 Å². The van der Waals surface area contributed by atoms with Crippen molar-refractivity contribution in [2.24, 2.45) is 5.73 Å². The Bertz CT molecular complexity index is 413. The Labute approximate surface area is 117 Å². The Morgan fingerprint density at radius 2 is 2.33 bits per heavy atom. The second kappa shape index (κ2) is 6.02. The van der Waals surface area contributed by atoms with Crippen LogP contribution < -0.4 is 15.8 Å². The average molecular weight is 314 g/mol. The van der Waals surface area contributed by atoms with E-state index in [0.29, 0.717) is 6.04 Å². The number of methoxy groups -OCH3 is 1. The molecule has 0 aliphatic carbocycles. The molecule has 0 amide bonds. The first-order valence-corrected chi connectivity index (χ1v) is 6.92. The number of hydrogen-bond acceptors (Lipinski definition) is 4. The Morgan fingerprint density at radius 1 is 1.56 bits per heavy atom. The van der Waals surface area contributed by atoms with Crippen molar-refractivity contribution in [2.75, 3.05) is 33.8 Å². The van der Waals surface area contributed by atoms with E-state index in [1.54, 1.807) is 7.11 Å². The van der Waals surface area contributed by atoms with Gasteiger partial charge in [0.2, 0.25) is 0 Å². The zero-order valence-corrected chi connectivity index (χ0v) is 12.4. The first kappa shape index (κ1) is 13.8. The van der Waals surface area contributed by atoms with Crippen LogP contribution >= 0.6 is 15.9 Å². The van der Waals surface area contributed by atoms with Crippen LogP contribution in [0.25, 0.3) is 0 Å². The van der Waals surface area contributed by atoms with Crippen LogP contribution in [0.3, 0.4) is 0 Å². The Hall–Kier alpha value is -0.620. The van der Waals surface area contributed by atoms with Crippen molar-refractivity contribution in [3.05, 3.63) is 28.2 Å². The standard InChI is InChI=1S/C13H20BrN3O/c1-17-6-5-16-11(8-17)13(15)9-3-4-12(18-2)10(14)7-9/h3-4,7,11,13,16H,5-6,8,15H2,1-2H3. The summed E-state index contributed by atoms with van der Waals surface area (Å²) < 4.78 is 6.18. The normalized spacial score (nSPS) is 22.8. The largest absolute Gasteiger partial charge is 0.496 e. The molecule has 0 saturated carbocycles. The number of nitrogens with two attached hydrogens (primary N) is 1. The molecule has 0 radical (unpaired) electrons. The molecule has 1 fully saturated rings. The smallest absolute Gasteiger partial charge is 0.133 e. The van der Waals surface area contributed by atoms with Gasteiger partial charge in [-0.3, -0.25) is 0 Å². The predicted molar refractivity (Wildman–Crippen MR) is 76.9 cm³/mol. The summed E-state index contributed by atoms with van der Waals surface area (Å²) in [6, 6.07) is 6.31. The van der Waals surface area contributed by atoms with Gasteiger partial charge in [-0.1, -0.05) is 6.07 Å². The summed E-state index contributed by atoms with van der Waals surface area (Å²) >= 11 is 3.50. The molecule has 1 aliphatic rings. The highest BCUT2D eigenvalue weighted by atomic mass is 79.9. The Kier molecular flexibility index (Phi) is 4.61. The number of halogens is 1. The summed E-state index contributed by atoms with van der Waals surface area (Å²) in [7, 11) is 3.79. The fraction of sp³-hybridized carbons (Fsp3) is 0.538. The summed E-state index contributed by atoms with van der Waals surface area (Å²) in [6.07, 6.45) is 0. The average Bonchev–Trinajstić information content (AvgIpc) is 2.37. The lowest BCUT2D eigenvalue weighted by Crippen LogP contribution is -2.53. The van der Waals surface area contributed by atoms with Crippen molar-refractivity contribution in [3.8, 4) is 5.75 Å². The van der Waals surface area contributed by atoms with Gasteiger partial charge in [-0.05, 0) is 40.7 Å². The van der Waals surface area contributed by atoms with Gasteiger partial charge in [0.05, 0.1) is 11.6 Å². The number of benzene rings is 1. The lowest BCUT2D eigenvalue weighted by atomic mass is 9.98. The molecule has 1 aromatic carbocycles. The first-order chi connectivity index (χ1) is 8.61. The minimum Gasteiger partial charge on any atom is -0.496 e. The molecule has 18 heavy (non-hydrogen) atoms. The molecule has 100 valence electrons. The molecule has 2 atom stereocenters. The van der Waals surface area contributed by atoms with Crippen LogP contribution in [-0.4, -0.2) is 44.7 Å². The van der Waals surface area contributed by atoms with Gasteiger partial charge in [0.1, 0.15) is 5.75 Å². The third-order valence-corrected chi connectivity index (χ3v) is 4.02. The van der Waals surface area contributed by atoms with E-state index in [-0.39, 0.29) is 6.04 Å². The van der Waals surface area contributed by atoms with Crippen molar-refractivity contribution >= 4 is 15.9 Å². The number of likely N-dealkylation sites (N-methyl/N-ethyl adjacent to an activating group) is 1. The number of piperazine rings is 1. The molecule has 1 heterocycles. The molecule has 2 rings (SSSR count). The van der Waals surface area contributed by atoms with Gasteiger partial charge >= 0.3 is 0 Å². The van der Waals surface area contributed by atoms with E-state index in [9.17, 15) is 0 Å². The molecule has 3 N–H and O–H groups in total. The molecular formula is C13H20BrN3O. The van der Waals surface area contributed by atoms with E-state index in [4.69, 9.17) is 10.5 Å². The second-order valence-corrected chi connectivity index (χ2v) is 5.60. The van der Waals surface area contributed by atoms with E-state index >= 15 is 0 Å². The number of rotatable bonds is 3. The van der Waals surface area contributed by atoms with E-state index in [2.05, 4.69) is 33.2 Å². The van der Waals surface area contributed by atoms with Crippen LogP contribution in [0, 0.1) is 0 Å². The van der Waals surface area contributed by atoms with Crippen LogP contribution in [0.4, 0.5) is 0 Å². The lowest BCUT2D eigenvalue weighted by Gasteiger charge is -2.34. The van der Waals surface area contributed by atoms with Gasteiger partial charge in [0.25, 0.3) is 0 Å². The molecule has 0 spiro atoms. The van der Waals surface area contributed by atoms with Crippen LogP contribution in [-0.2, 0) is 0 Å². The molecule has 5 heteroatoms. The van der Waals surface area contributed by atoms with Gasteiger partial charge in [-0.25, -0.2) is 0 Å². The molecule has 0 bridgehead atoms. The van der Waals surface area contributed by atoms with Crippen molar-refractivity contribution in [3.63, 3.8) is 0 Å². The molecule has 0 aromatic heterocycles. The number of nitrogens with one attached hydrogen (secondary N) is 1. The molecule has 1 aliphatic heterocycles. The SMILES string of the molecule is COc1ccc(C(N)C2CN(C)CCN2)cc1Br. The number of hydrogen-bond donors (Lipinski definition) is 2. The molecular weight excluding hydrogens is 294 g/mol. The Morgan fingerprint density at radius 3 is 2.94 bits per heavy atom. The maximum absolute atomic E-state index is 6.34. The van der Waals surface area contributed by atoms with Gasteiger partial charge < -0.3 is 20.7 Å². The highest BCUT2D eigenvalue weighted by Crippen LogP contribution is 2.28. The minimum atomic E-state index is -0.00467. The third-order valence-electron chi connectivity index (χ3n) is 3.40. The zero-order chi connectivity index (χ0) is 13.1. The van der Waals surface area contributed by atoms with Gasteiger partial charge in [0, 0.05) is 31.7 Å². The molecule has 2 unspecified atom stereocenters. The third kappa shape index (κ3) is 3.03. The van der Waals surface area contributed by atoms with Crippen LogP contribution in [0.1, 0.15) is 11.6 Å². The fourth-order valence-electron chi connectivity index (χ4n) is 2.30. The maximum atomic E-state index is 6.34. The highest BCUT2D eigenvalue weighted by molar-refractivity contribution is 9.10. The van der Waals surface area contributed by atoms with Gasteiger partial charge in [-0.2, -0.15) is 0 Å². The minimum absolute atomic E-state index is 0.00467. The quantitative estimate of drug-likeness (QED) is 0.885. The summed E-state index contributed by atoms with van der Waals surface area (Å²) in [4.78, 5) is 2.31. The molecule has 1 saturated heterocycles. The van der Waals surface area contributed by atoms with Gasteiger partial charge in [-0.15, -0.1) is 0 Å². The lowest BCUT2D eigenvalue weighted by molar-refractivity contribution is 0.220. The van der Waals surface area contributed by atoms with E-state index < -0.39 is 0 Å². The summed E-state index contributed by atoms with van der Waals surface area (Å²) in [5.41, 5.74) is 7.46. The number of ether oxygens (including phenoxy) is 1. The molecule has 1 aromatic rings. The zero-order valence-electron chi connectivity index (χ0n) is 10.8.